The van der Waals surface area contributed by atoms with Gasteiger partial charge >= 0.3 is 0 Å². The number of nitrogens with zero attached hydrogens (tertiary/aromatic N) is 1. The van der Waals surface area contributed by atoms with Crippen molar-refractivity contribution in [3.8, 4) is 6.07 Å². The topological polar surface area (TPSA) is 23.8 Å². The van der Waals surface area contributed by atoms with Gasteiger partial charge in [-0.05, 0) is 36.8 Å². The molecule has 1 nitrogen and oxygen atoms in total. The highest BCUT2D eigenvalue weighted by Gasteiger charge is 2.09. The molecule has 0 aliphatic rings. The molecule has 2 aromatic carbocycles. The fraction of sp³-hybridized carbons (Fsp3) is 0.0714. The van der Waals surface area contributed by atoms with E-state index in [1.54, 1.807) is 18.2 Å². The van der Waals surface area contributed by atoms with Crippen LogP contribution < -0.4 is 0 Å². The molecule has 0 saturated carbocycles. The van der Waals surface area contributed by atoms with E-state index in [9.17, 15) is 5.26 Å². The molecular weight excluding hydrogens is 285 g/mol. The molecule has 0 radical (unpaired) electrons. The Hall–Kier alpha value is -1.14. The first-order valence-corrected chi connectivity index (χ1v) is 6.81. The van der Waals surface area contributed by atoms with Crippen molar-refractivity contribution in [3.63, 3.8) is 0 Å². The molecule has 2 rings (SSSR count). The first kappa shape index (κ1) is 13.3. The van der Waals surface area contributed by atoms with Gasteiger partial charge in [0.2, 0.25) is 0 Å². The molecule has 90 valence electrons. The van der Waals surface area contributed by atoms with Crippen molar-refractivity contribution in [3.05, 3.63) is 57.6 Å². The van der Waals surface area contributed by atoms with E-state index in [-0.39, 0.29) is 0 Å². The van der Waals surface area contributed by atoms with Crippen LogP contribution in [-0.4, -0.2) is 0 Å². The Kier molecular flexibility index (Phi) is 4.19. The number of benzene rings is 2. The zero-order valence-electron chi connectivity index (χ0n) is 9.58. The molecule has 0 aliphatic carbocycles. The second-order valence-corrected chi connectivity index (χ2v) is 5.66. The number of rotatable bonds is 2. The maximum atomic E-state index is 9.18. The molecule has 0 N–H and O–H groups in total. The summed E-state index contributed by atoms with van der Waals surface area (Å²) < 4.78 is 0. The van der Waals surface area contributed by atoms with Crippen molar-refractivity contribution in [1.82, 2.24) is 0 Å². The van der Waals surface area contributed by atoms with Gasteiger partial charge < -0.3 is 0 Å². The van der Waals surface area contributed by atoms with E-state index in [4.69, 9.17) is 23.2 Å². The van der Waals surface area contributed by atoms with Gasteiger partial charge in [-0.2, -0.15) is 5.26 Å². The summed E-state index contributed by atoms with van der Waals surface area (Å²) in [5.74, 6) is 0. The van der Waals surface area contributed by atoms with Crippen molar-refractivity contribution in [1.29, 1.82) is 5.26 Å². The third-order valence-corrected chi connectivity index (χ3v) is 4.25. The lowest BCUT2D eigenvalue weighted by Gasteiger charge is -2.08. The van der Waals surface area contributed by atoms with Crippen molar-refractivity contribution < 1.29 is 0 Å². The molecule has 0 saturated heterocycles. The molecule has 0 unspecified atom stereocenters. The minimum absolute atomic E-state index is 0.632. The molecule has 0 heterocycles. The Morgan fingerprint density at radius 1 is 1.11 bits per heavy atom. The Morgan fingerprint density at radius 3 is 2.61 bits per heavy atom. The van der Waals surface area contributed by atoms with Crippen LogP contribution in [0.5, 0.6) is 0 Å². The molecule has 2 aromatic rings. The van der Waals surface area contributed by atoms with Crippen LogP contribution in [0.25, 0.3) is 0 Å². The monoisotopic (exact) mass is 293 g/mol. The Bertz CT molecular complexity index is 632. The van der Waals surface area contributed by atoms with Gasteiger partial charge in [-0.25, -0.2) is 0 Å². The van der Waals surface area contributed by atoms with Gasteiger partial charge in [0.25, 0.3) is 0 Å². The maximum absolute atomic E-state index is 9.18. The SMILES string of the molecule is Cc1cccc(Sc2cc(Cl)ccc2Cl)c1C#N. The zero-order valence-corrected chi connectivity index (χ0v) is 11.9. The first-order valence-electron chi connectivity index (χ1n) is 5.24. The fourth-order valence-corrected chi connectivity index (χ4v) is 3.06. The Labute approximate surface area is 120 Å². The first-order chi connectivity index (χ1) is 8.61. The van der Waals surface area contributed by atoms with Gasteiger partial charge in [-0.15, -0.1) is 0 Å². The predicted molar refractivity (Wildman–Crippen MR) is 76.5 cm³/mol. The largest absolute Gasteiger partial charge is 0.192 e. The van der Waals surface area contributed by atoms with Crippen molar-refractivity contribution in [2.45, 2.75) is 16.7 Å². The smallest absolute Gasteiger partial charge is 0.101 e. The normalized spacial score (nSPS) is 10.1. The molecule has 0 amide bonds. The average molecular weight is 294 g/mol. The van der Waals surface area contributed by atoms with Crippen molar-refractivity contribution >= 4 is 35.0 Å². The Morgan fingerprint density at radius 2 is 1.89 bits per heavy atom. The Balaban J connectivity index is 2.44. The van der Waals surface area contributed by atoms with Gasteiger partial charge in [0.05, 0.1) is 10.6 Å². The van der Waals surface area contributed by atoms with Crippen LogP contribution in [0.2, 0.25) is 10.0 Å². The lowest BCUT2D eigenvalue weighted by Crippen LogP contribution is -1.86. The lowest BCUT2D eigenvalue weighted by atomic mass is 10.1. The van der Waals surface area contributed by atoms with Gasteiger partial charge in [0.15, 0.2) is 0 Å². The van der Waals surface area contributed by atoms with Gasteiger partial charge in [-0.1, -0.05) is 47.1 Å². The van der Waals surface area contributed by atoms with E-state index < -0.39 is 0 Å². The van der Waals surface area contributed by atoms with E-state index in [1.807, 2.05) is 25.1 Å². The van der Waals surface area contributed by atoms with Crippen LogP contribution in [-0.2, 0) is 0 Å². The summed E-state index contributed by atoms with van der Waals surface area (Å²) in [5, 5.41) is 10.4. The van der Waals surface area contributed by atoms with E-state index in [2.05, 4.69) is 6.07 Å². The molecule has 0 aromatic heterocycles. The molecular formula is C14H9Cl2NS. The van der Waals surface area contributed by atoms with Crippen LogP contribution in [0.1, 0.15) is 11.1 Å². The van der Waals surface area contributed by atoms with Crippen LogP contribution >= 0.6 is 35.0 Å². The average Bonchev–Trinajstić information content (AvgIpc) is 2.34. The maximum Gasteiger partial charge on any atom is 0.101 e. The highest BCUT2D eigenvalue weighted by molar-refractivity contribution is 7.99. The van der Waals surface area contributed by atoms with Crippen molar-refractivity contribution in [2.75, 3.05) is 0 Å². The van der Waals surface area contributed by atoms with E-state index in [0.717, 1.165) is 15.4 Å². The third-order valence-electron chi connectivity index (χ3n) is 2.46. The summed E-state index contributed by atoms with van der Waals surface area (Å²) in [6, 6.07) is 13.3. The van der Waals surface area contributed by atoms with Crippen LogP contribution in [0.15, 0.2) is 46.2 Å². The van der Waals surface area contributed by atoms with Gasteiger partial charge in [0, 0.05) is 14.8 Å². The molecule has 4 heteroatoms. The summed E-state index contributed by atoms with van der Waals surface area (Å²) in [7, 11) is 0. The van der Waals surface area contributed by atoms with Crippen molar-refractivity contribution in [2.24, 2.45) is 0 Å². The number of hydrogen-bond donors (Lipinski definition) is 0. The summed E-state index contributed by atoms with van der Waals surface area (Å²) in [6.45, 7) is 1.92. The fourth-order valence-electron chi connectivity index (χ4n) is 1.54. The minimum Gasteiger partial charge on any atom is -0.192 e. The molecule has 0 aliphatic heterocycles. The summed E-state index contributed by atoms with van der Waals surface area (Å²) >= 11 is 13.5. The zero-order chi connectivity index (χ0) is 13.1. The van der Waals surface area contributed by atoms with Gasteiger partial charge in [-0.3, -0.25) is 0 Å². The highest BCUT2D eigenvalue weighted by atomic mass is 35.5. The highest BCUT2D eigenvalue weighted by Crippen LogP contribution is 2.37. The van der Waals surface area contributed by atoms with Gasteiger partial charge in [0.1, 0.15) is 6.07 Å². The molecule has 0 bridgehead atoms. The van der Waals surface area contributed by atoms with Crippen LogP contribution in [0.3, 0.4) is 0 Å². The molecule has 0 fully saturated rings. The molecule has 18 heavy (non-hydrogen) atoms. The number of hydrogen-bond acceptors (Lipinski definition) is 2. The van der Waals surface area contributed by atoms with E-state index in [0.29, 0.717) is 15.6 Å². The number of halogens is 2. The lowest BCUT2D eigenvalue weighted by molar-refractivity contribution is 1.28. The minimum atomic E-state index is 0.632. The number of nitriles is 1. The predicted octanol–water partition coefficient (Wildman–Crippen LogP) is 5.32. The second-order valence-electron chi connectivity index (χ2n) is 3.74. The van der Waals surface area contributed by atoms with Crippen LogP contribution in [0.4, 0.5) is 0 Å². The summed E-state index contributed by atoms with van der Waals surface area (Å²) in [6.07, 6.45) is 0. The molecule has 0 spiro atoms. The van der Waals surface area contributed by atoms with E-state index in [1.165, 1.54) is 11.8 Å². The number of aryl methyl sites for hydroxylation is 1. The molecule has 0 atom stereocenters. The summed E-state index contributed by atoms with van der Waals surface area (Å²) in [5.41, 5.74) is 1.64. The quantitative estimate of drug-likeness (QED) is 0.748. The van der Waals surface area contributed by atoms with E-state index >= 15 is 0 Å². The van der Waals surface area contributed by atoms with Crippen LogP contribution in [0, 0.1) is 18.3 Å². The summed E-state index contributed by atoms with van der Waals surface area (Å²) in [4.78, 5) is 1.74. The third kappa shape index (κ3) is 2.81. The standard InChI is InChI=1S/C14H9Cl2NS/c1-9-3-2-4-13(11(9)8-17)18-14-7-10(15)5-6-12(14)16/h2-7H,1H3. The second kappa shape index (κ2) is 5.67.